The van der Waals surface area contributed by atoms with Gasteiger partial charge in [0.05, 0.1) is 13.7 Å². The Kier molecular flexibility index (Phi) is 2.63. The molecule has 0 unspecified atom stereocenters. The van der Waals surface area contributed by atoms with Gasteiger partial charge in [-0.05, 0) is 30.2 Å². The predicted molar refractivity (Wildman–Crippen MR) is 71.0 cm³/mol. The summed E-state index contributed by atoms with van der Waals surface area (Å²) < 4.78 is 12.5. The number of hydrogen-bond donors (Lipinski definition) is 1. The van der Waals surface area contributed by atoms with E-state index in [-0.39, 0.29) is 0 Å². The Morgan fingerprint density at radius 2 is 2.32 bits per heavy atom. The third-order valence-corrected chi connectivity index (χ3v) is 3.20. The second-order valence-corrected chi connectivity index (χ2v) is 4.34. The summed E-state index contributed by atoms with van der Waals surface area (Å²) in [4.78, 5) is 0. The molecule has 19 heavy (non-hydrogen) atoms. The van der Waals surface area contributed by atoms with Gasteiger partial charge < -0.3 is 15.0 Å². The number of aromatic nitrogens is 3. The Morgan fingerprint density at radius 3 is 3.00 bits per heavy atom. The zero-order chi connectivity index (χ0) is 13.4. The zero-order valence-corrected chi connectivity index (χ0v) is 10.8. The van der Waals surface area contributed by atoms with Gasteiger partial charge >= 0.3 is 0 Å². The van der Waals surface area contributed by atoms with Crippen LogP contribution in [0.2, 0.25) is 0 Å². The van der Waals surface area contributed by atoms with Gasteiger partial charge in [-0.15, -0.1) is 0 Å². The van der Waals surface area contributed by atoms with Crippen LogP contribution in [-0.4, -0.2) is 22.0 Å². The summed E-state index contributed by atoms with van der Waals surface area (Å²) in [6.07, 6.45) is 3.66. The van der Waals surface area contributed by atoms with Crippen molar-refractivity contribution in [3.8, 4) is 5.75 Å². The minimum atomic E-state index is 0.348. The molecule has 0 atom stereocenters. The molecule has 0 radical (unpaired) electrons. The van der Waals surface area contributed by atoms with E-state index in [2.05, 4.69) is 10.3 Å². The van der Waals surface area contributed by atoms with Gasteiger partial charge in [-0.2, -0.15) is 5.10 Å². The monoisotopic (exact) mass is 258 g/mol. The van der Waals surface area contributed by atoms with Gasteiger partial charge in [0.15, 0.2) is 11.4 Å². The van der Waals surface area contributed by atoms with Gasteiger partial charge in [0, 0.05) is 12.4 Å². The second kappa shape index (κ2) is 4.31. The fraction of sp³-hybridized carbons (Fsp3) is 0.231. The number of rotatable bonds is 3. The van der Waals surface area contributed by atoms with Crippen molar-refractivity contribution in [1.29, 1.82) is 0 Å². The summed E-state index contributed by atoms with van der Waals surface area (Å²) in [6, 6.07) is 3.82. The van der Waals surface area contributed by atoms with Gasteiger partial charge in [0.2, 0.25) is 0 Å². The van der Waals surface area contributed by atoms with Crippen molar-refractivity contribution in [1.82, 2.24) is 14.9 Å². The standard InChI is InChI=1S/C13H14N4O2/c1-8-9(7-17-5-3-4-15-17)6-10-11(12(8)18-2)13(14)16-19-10/h3-6H,7H2,1-2H3,(H2,14,16). The fourth-order valence-electron chi connectivity index (χ4n) is 2.23. The van der Waals surface area contributed by atoms with Crippen molar-refractivity contribution in [2.75, 3.05) is 12.8 Å². The lowest BCUT2D eigenvalue weighted by Gasteiger charge is -2.11. The summed E-state index contributed by atoms with van der Waals surface area (Å²) in [7, 11) is 1.62. The highest BCUT2D eigenvalue weighted by Gasteiger charge is 2.17. The molecule has 6 nitrogen and oxygen atoms in total. The third kappa shape index (κ3) is 1.81. The molecule has 3 rings (SSSR count). The molecule has 0 aliphatic heterocycles. The van der Waals surface area contributed by atoms with Gasteiger partial charge in [-0.25, -0.2) is 0 Å². The molecule has 98 valence electrons. The van der Waals surface area contributed by atoms with Crippen LogP contribution in [0.5, 0.6) is 5.75 Å². The van der Waals surface area contributed by atoms with Crippen molar-refractivity contribution in [2.24, 2.45) is 0 Å². The first-order chi connectivity index (χ1) is 9.20. The minimum Gasteiger partial charge on any atom is -0.496 e. The van der Waals surface area contributed by atoms with Crippen molar-refractivity contribution in [3.05, 3.63) is 35.7 Å². The topological polar surface area (TPSA) is 79.1 Å². The molecule has 0 saturated heterocycles. The average Bonchev–Trinajstić information content (AvgIpc) is 3.02. The number of hydrogen-bond acceptors (Lipinski definition) is 5. The summed E-state index contributed by atoms with van der Waals surface area (Å²) in [6.45, 7) is 2.63. The fourth-order valence-corrected chi connectivity index (χ4v) is 2.23. The van der Waals surface area contributed by atoms with E-state index in [0.29, 0.717) is 23.7 Å². The molecule has 2 N–H and O–H groups in total. The summed E-state index contributed by atoms with van der Waals surface area (Å²) in [5.41, 5.74) is 8.51. The van der Waals surface area contributed by atoms with E-state index in [4.69, 9.17) is 15.0 Å². The molecule has 0 aliphatic carbocycles. The largest absolute Gasteiger partial charge is 0.496 e. The van der Waals surface area contributed by atoms with Crippen molar-refractivity contribution >= 4 is 16.8 Å². The lowest BCUT2D eigenvalue weighted by molar-refractivity contribution is 0.415. The molecule has 6 heteroatoms. The van der Waals surface area contributed by atoms with E-state index in [1.165, 1.54) is 0 Å². The number of fused-ring (bicyclic) bond motifs is 1. The minimum absolute atomic E-state index is 0.348. The van der Waals surface area contributed by atoms with Crippen LogP contribution < -0.4 is 10.5 Å². The molecule has 2 heterocycles. The predicted octanol–water partition coefficient (Wildman–Crippen LogP) is 1.97. The van der Waals surface area contributed by atoms with Crippen LogP contribution in [0.3, 0.4) is 0 Å². The number of anilines is 1. The Bertz CT molecular complexity index is 716. The van der Waals surface area contributed by atoms with Crippen LogP contribution in [0.25, 0.3) is 11.0 Å². The molecule has 0 aliphatic rings. The van der Waals surface area contributed by atoms with Crippen LogP contribution >= 0.6 is 0 Å². The maximum atomic E-state index is 5.81. The van der Waals surface area contributed by atoms with Crippen molar-refractivity contribution in [3.63, 3.8) is 0 Å². The summed E-state index contributed by atoms with van der Waals surface area (Å²) in [5.74, 6) is 1.05. The van der Waals surface area contributed by atoms with E-state index < -0.39 is 0 Å². The van der Waals surface area contributed by atoms with Crippen LogP contribution in [0.15, 0.2) is 29.0 Å². The lowest BCUT2D eigenvalue weighted by atomic mass is 10.0. The number of nitrogens with zero attached hydrogens (tertiary/aromatic N) is 3. The maximum absolute atomic E-state index is 5.81. The average molecular weight is 258 g/mol. The smallest absolute Gasteiger partial charge is 0.178 e. The third-order valence-electron chi connectivity index (χ3n) is 3.20. The molecule has 0 fully saturated rings. The number of methoxy groups -OCH3 is 1. The Morgan fingerprint density at radius 1 is 1.47 bits per heavy atom. The van der Waals surface area contributed by atoms with Crippen LogP contribution in [0.1, 0.15) is 11.1 Å². The van der Waals surface area contributed by atoms with E-state index >= 15 is 0 Å². The maximum Gasteiger partial charge on any atom is 0.178 e. The highest BCUT2D eigenvalue weighted by molar-refractivity contribution is 5.94. The molecule has 0 amide bonds. The first-order valence-electron chi connectivity index (χ1n) is 5.89. The first-order valence-corrected chi connectivity index (χ1v) is 5.89. The van der Waals surface area contributed by atoms with Gasteiger partial charge in [0.25, 0.3) is 0 Å². The second-order valence-electron chi connectivity index (χ2n) is 4.34. The number of ether oxygens (including phenoxy) is 1. The van der Waals surface area contributed by atoms with Crippen LogP contribution in [0.4, 0.5) is 5.82 Å². The van der Waals surface area contributed by atoms with E-state index in [0.717, 1.165) is 16.5 Å². The SMILES string of the molecule is COc1c(C)c(Cn2cccn2)cc2onc(N)c12. The quantitative estimate of drug-likeness (QED) is 0.777. The van der Waals surface area contributed by atoms with E-state index in [1.807, 2.05) is 29.9 Å². The lowest BCUT2D eigenvalue weighted by Crippen LogP contribution is -2.03. The van der Waals surface area contributed by atoms with Crippen LogP contribution in [0, 0.1) is 6.92 Å². The summed E-state index contributed by atoms with van der Waals surface area (Å²) >= 11 is 0. The van der Waals surface area contributed by atoms with Gasteiger partial charge in [0.1, 0.15) is 11.1 Å². The van der Waals surface area contributed by atoms with Crippen molar-refractivity contribution in [2.45, 2.75) is 13.5 Å². The Balaban J connectivity index is 2.17. The van der Waals surface area contributed by atoms with E-state index in [9.17, 15) is 0 Å². The Labute approximate surface area is 109 Å². The number of benzene rings is 1. The van der Waals surface area contributed by atoms with Gasteiger partial charge in [-0.3, -0.25) is 4.68 Å². The summed E-state index contributed by atoms with van der Waals surface area (Å²) in [5, 5.41) is 8.71. The molecule has 0 spiro atoms. The normalized spacial score (nSPS) is 11.1. The van der Waals surface area contributed by atoms with Crippen LogP contribution in [-0.2, 0) is 6.54 Å². The van der Waals surface area contributed by atoms with E-state index in [1.54, 1.807) is 13.3 Å². The van der Waals surface area contributed by atoms with Crippen molar-refractivity contribution < 1.29 is 9.26 Å². The molecule has 1 aromatic carbocycles. The molecule has 3 aromatic rings. The highest BCUT2D eigenvalue weighted by atomic mass is 16.5. The molecule has 0 bridgehead atoms. The number of nitrogens with two attached hydrogens (primary N) is 1. The number of nitrogen functional groups attached to an aromatic ring is 1. The Hall–Kier alpha value is -2.50. The molecule has 0 saturated carbocycles. The zero-order valence-electron chi connectivity index (χ0n) is 10.8. The molecule has 2 aromatic heterocycles. The first kappa shape index (κ1) is 11.6. The molecular weight excluding hydrogens is 244 g/mol. The van der Waals surface area contributed by atoms with Gasteiger partial charge in [-0.1, -0.05) is 5.16 Å². The molecular formula is C13H14N4O2. The highest BCUT2D eigenvalue weighted by Crippen LogP contribution is 2.35.